The maximum absolute atomic E-state index is 3.52. The lowest BCUT2D eigenvalue weighted by molar-refractivity contribution is 0.510. The van der Waals surface area contributed by atoms with Gasteiger partial charge in [-0.2, -0.15) is 11.8 Å². The summed E-state index contributed by atoms with van der Waals surface area (Å²) in [6, 6.07) is 0.700. The van der Waals surface area contributed by atoms with Crippen LogP contribution in [-0.2, 0) is 0 Å². The number of nitrogens with one attached hydrogen (secondary N) is 1. The first-order valence-electron chi connectivity index (χ1n) is 5.53. The molecule has 0 aliphatic heterocycles. The van der Waals surface area contributed by atoms with Crippen LogP contribution in [0.5, 0.6) is 0 Å². The van der Waals surface area contributed by atoms with Gasteiger partial charge in [0.2, 0.25) is 0 Å². The lowest BCUT2D eigenvalue weighted by atomic mass is 10.2. The summed E-state index contributed by atoms with van der Waals surface area (Å²) in [6.07, 6.45) is 8.97. The standard InChI is InChI=1S/C11H25NS/c1-4-11(2)12-9-7-5-6-8-10-13-3/h11-12H,4-10H2,1-3H3. The molecule has 80 valence electrons. The summed E-state index contributed by atoms with van der Waals surface area (Å²) in [5.41, 5.74) is 0. The third kappa shape index (κ3) is 10.2. The molecule has 0 saturated heterocycles. The Morgan fingerprint density at radius 1 is 1.15 bits per heavy atom. The highest BCUT2D eigenvalue weighted by atomic mass is 32.2. The number of unbranched alkanes of at least 4 members (excludes halogenated alkanes) is 3. The van der Waals surface area contributed by atoms with Crippen molar-refractivity contribution in [3.8, 4) is 0 Å². The van der Waals surface area contributed by atoms with Crippen molar-refractivity contribution in [3.05, 3.63) is 0 Å². The Bertz CT molecular complexity index is 96.1. The normalized spacial score (nSPS) is 13.2. The molecule has 0 bridgehead atoms. The molecule has 0 heterocycles. The van der Waals surface area contributed by atoms with Crippen LogP contribution in [0.2, 0.25) is 0 Å². The van der Waals surface area contributed by atoms with E-state index in [1.165, 1.54) is 44.4 Å². The van der Waals surface area contributed by atoms with Crippen LogP contribution in [0, 0.1) is 0 Å². The van der Waals surface area contributed by atoms with Gasteiger partial charge in [0.1, 0.15) is 0 Å². The van der Waals surface area contributed by atoms with Gasteiger partial charge in [0, 0.05) is 6.04 Å². The third-order valence-corrected chi connectivity index (χ3v) is 3.08. The lowest BCUT2D eigenvalue weighted by Gasteiger charge is -2.10. The maximum atomic E-state index is 3.52. The first-order chi connectivity index (χ1) is 6.31. The first-order valence-corrected chi connectivity index (χ1v) is 6.93. The van der Waals surface area contributed by atoms with Crippen molar-refractivity contribution in [1.29, 1.82) is 0 Å². The summed E-state index contributed by atoms with van der Waals surface area (Å²) >= 11 is 1.96. The Morgan fingerprint density at radius 2 is 1.85 bits per heavy atom. The van der Waals surface area contributed by atoms with E-state index in [9.17, 15) is 0 Å². The SMILES string of the molecule is CCC(C)NCCCCCCSC. The molecular formula is C11H25NS. The Kier molecular flexibility index (Phi) is 10.6. The molecule has 0 spiro atoms. The highest BCUT2D eigenvalue weighted by molar-refractivity contribution is 7.98. The molecule has 0 amide bonds. The molecule has 0 saturated carbocycles. The summed E-state index contributed by atoms with van der Waals surface area (Å²) in [7, 11) is 0. The summed E-state index contributed by atoms with van der Waals surface area (Å²) in [5, 5.41) is 3.52. The van der Waals surface area contributed by atoms with Gasteiger partial charge in [-0.25, -0.2) is 0 Å². The molecule has 0 aliphatic rings. The van der Waals surface area contributed by atoms with Crippen molar-refractivity contribution in [3.63, 3.8) is 0 Å². The number of rotatable bonds is 9. The minimum Gasteiger partial charge on any atom is -0.314 e. The Morgan fingerprint density at radius 3 is 2.46 bits per heavy atom. The molecule has 0 rings (SSSR count). The van der Waals surface area contributed by atoms with Crippen molar-refractivity contribution in [2.75, 3.05) is 18.6 Å². The van der Waals surface area contributed by atoms with Crippen LogP contribution in [0.3, 0.4) is 0 Å². The second kappa shape index (κ2) is 10.4. The van der Waals surface area contributed by atoms with E-state index in [-0.39, 0.29) is 0 Å². The molecule has 13 heavy (non-hydrogen) atoms. The third-order valence-electron chi connectivity index (χ3n) is 2.38. The van der Waals surface area contributed by atoms with Crippen LogP contribution in [0.25, 0.3) is 0 Å². The van der Waals surface area contributed by atoms with Crippen molar-refractivity contribution >= 4 is 11.8 Å². The fourth-order valence-corrected chi connectivity index (χ4v) is 1.71. The van der Waals surface area contributed by atoms with Crippen molar-refractivity contribution in [1.82, 2.24) is 5.32 Å². The molecule has 1 N–H and O–H groups in total. The first kappa shape index (κ1) is 13.3. The number of hydrogen-bond donors (Lipinski definition) is 1. The Hall–Kier alpha value is 0.310. The van der Waals surface area contributed by atoms with Gasteiger partial charge in [-0.15, -0.1) is 0 Å². The molecule has 2 heteroatoms. The van der Waals surface area contributed by atoms with Gasteiger partial charge < -0.3 is 5.32 Å². The number of hydrogen-bond acceptors (Lipinski definition) is 2. The highest BCUT2D eigenvalue weighted by Gasteiger charge is 1.95. The molecule has 0 aromatic carbocycles. The van der Waals surface area contributed by atoms with Gasteiger partial charge >= 0.3 is 0 Å². The zero-order valence-corrected chi connectivity index (χ0v) is 10.3. The van der Waals surface area contributed by atoms with Gasteiger partial charge in [-0.05, 0) is 44.7 Å². The molecule has 0 aromatic heterocycles. The van der Waals surface area contributed by atoms with Crippen LogP contribution in [0.4, 0.5) is 0 Å². The smallest absolute Gasteiger partial charge is 0.00360 e. The molecule has 0 fully saturated rings. The van der Waals surface area contributed by atoms with E-state index in [1.54, 1.807) is 0 Å². The summed E-state index contributed by atoms with van der Waals surface area (Å²) in [4.78, 5) is 0. The molecule has 1 atom stereocenters. The summed E-state index contributed by atoms with van der Waals surface area (Å²) in [5.74, 6) is 1.33. The quantitative estimate of drug-likeness (QED) is 0.577. The number of thioether (sulfide) groups is 1. The molecular weight excluding hydrogens is 178 g/mol. The lowest BCUT2D eigenvalue weighted by Crippen LogP contribution is -2.25. The van der Waals surface area contributed by atoms with E-state index in [0.29, 0.717) is 6.04 Å². The predicted molar refractivity (Wildman–Crippen MR) is 64.6 cm³/mol. The van der Waals surface area contributed by atoms with Crippen LogP contribution < -0.4 is 5.32 Å². The Balaban J connectivity index is 2.91. The van der Waals surface area contributed by atoms with Gasteiger partial charge in [-0.1, -0.05) is 19.8 Å². The minimum atomic E-state index is 0.700. The van der Waals surface area contributed by atoms with Gasteiger partial charge in [-0.3, -0.25) is 0 Å². The molecule has 1 unspecified atom stereocenters. The molecule has 0 aromatic rings. The fraction of sp³-hybridized carbons (Fsp3) is 1.00. The van der Waals surface area contributed by atoms with E-state index in [4.69, 9.17) is 0 Å². The second-order valence-electron chi connectivity index (χ2n) is 3.67. The zero-order valence-electron chi connectivity index (χ0n) is 9.44. The summed E-state index contributed by atoms with van der Waals surface area (Å²) in [6.45, 7) is 5.69. The highest BCUT2D eigenvalue weighted by Crippen LogP contribution is 2.04. The topological polar surface area (TPSA) is 12.0 Å². The van der Waals surface area contributed by atoms with E-state index < -0.39 is 0 Å². The van der Waals surface area contributed by atoms with E-state index in [1.807, 2.05) is 11.8 Å². The molecule has 0 radical (unpaired) electrons. The van der Waals surface area contributed by atoms with Crippen LogP contribution in [0.15, 0.2) is 0 Å². The van der Waals surface area contributed by atoms with E-state index >= 15 is 0 Å². The Labute approximate surface area is 88.1 Å². The van der Waals surface area contributed by atoms with Gasteiger partial charge in [0.15, 0.2) is 0 Å². The predicted octanol–water partition coefficient (Wildman–Crippen LogP) is 3.30. The van der Waals surface area contributed by atoms with Crippen molar-refractivity contribution < 1.29 is 0 Å². The van der Waals surface area contributed by atoms with Crippen LogP contribution in [-0.4, -0.2) is 24.6 Å². The van der Waals surface area contributed by atoms with Crippen LogP contribution in [0.1, 0.15) is 46.0 Å². The monoisotopic (exact) mass is 203 g/mol. The van der Waals surface area contributed by atoms with E-state index in [0.717, 1.165) is 0 Å². The van der Waals surface area contributed by atoms with Gasteiger partial charge in [0.05, 0.1) is 0 Å². The second-order valence-corrected chi connectivity index (χ2v) is 4.66. The summed E-state index contributed by atoms with van der Waals surface area (Å²) < 4.78 is 0. The molecule has 0 aliphatic carbocycles. The average Bonchev–Trinajstić information content (AvgIpc) is 2.16. The van der Waals surface area contributed by atoms with Crippen molar-refractivity contribution in [2.24, 2.45) is 0 Å². The zero-order chi connectivity index (χ0) is 9.94. The average molecular weight is 203 g/mol. The minimum absolute atomic E-state index is 0.700. The maximum Gasteiger partial charge on any atom is 0.00360 e. The molecule has 1 nitrogen and oxygen atoms in total. The fourth-order valence-electron chi connectivity index (χ4n) is 1.22. The van der Waals surface area contributed by atoms with E-state index in [2.05, 4.69) is 25.4 Å². The van der Waals surface area contributed by atoms with Crippen molar-refractivity contribution in [2.45, 2.75) is 52.0 Å². The van der Waals surface area contributed by atoms with Crippen LogP contribution >= 0.6 is 11.8 Å². The van der Waals surface area contributed by atoms with Gasteiger partial charge in [0.25, 0.3) is 0 Å². The largest absolute Gasteiger partial charge is 0.314 e.